The van der Waals surface area contributed by atoms with E-state index >= 15 is 0 Å². The zero-order valence-corrected chi connectivity index (χ0v) is 13.9. The van der Waals surface area contributed by atoms with Crippen LogP contribution in [0.15, 0.2) is 16.7 Å². The molecular formula is C15H19Cl2N3O2. The molecule has 1 aromatic heterocycles. The van der Waals surface area contributed by atoms with Crippen molar-refractivity contribution in [3.8, 4) is 5.75 Å². The average molecular weight is 344 g/mol. The monoisotopic (exact) mass is 343 g/mol. The van der Waals surface area contributed by atoms with Gasteiger partial charge in [-0.1, -0.05) is 16.8 Å². The Morgan fingerprint density at radius 2 is 2.14 bits per heavy atom. The second-order valence-corrected chi connectivity index (χ2v) is 6.26. The lowest BCUT2D eigenvalue weighted by molar-refractivity contribution is 0.0973. The van der Waals surface area contributed by atoms with E-state index in [1.54, 1.807) is 7.11 Å². The van der Waals surface area contributed by atoms with E-state index in [4.69, 9.17) is 20.9 Å². The molecule has 120 valence electrons. The summed E-state index contributed by atoms with van der Waals surface area (Å²) < 4.78 is 10.6. The fourth-order valence-electron chi connectivity index (χ4n) is 3.52. The van der Waals surface area contributed by atoms with Gasteiger partial charge in [-0.05, 0) is 44.0 Å². The number of fused-ring (bicyclic) bond motifs is 4. The number of rotatable bonds is 3. The first-order valence-electron chi connectivity index (χ1n) is 7.37. The minimum Gasteiger partial charge on any atom is -0.495 e. The molecule has 1 aromatic carbocycles. The molecule has 0 spiro atoms. The maximum atomic E-state index is 6.27. The van der Waals surface area contributed by atoms with E-state index in [0.717, 1.165) is 23.7 Å². The van der Waals surface area contributed by atoms with Gasteiger partial charge in [-0.2, -0.15) is 0 Å². The third kappa shape index (κ3) is 2.51. The van der Waals surface area contributed by atoms with Gasteiger partial charge in [0.05, 0.1) is 12.5 Å². The normalized spacial score (nSPS) is 26.7. The molecule has 5 rings (SSSR count). The van der Waals surface area contributed by atoms with Crippen LogP contribution in [0.4, 0.5) is 5.82 Å². The highest BCUT2D eigenvalue weighted by atomic mass is 35.5. The molecule has 0 unspecified atom stereocenters. The first-order chi connectivity index (χ1) is 10.3. The standard InChI is InChI=1S/C15H18ClN3O2.ClH/c1-20-12-3-2-10-14(13(12)16)21-18-15(10)17-11-8-19-6-4-9(11)5-7-19;/h2-3,9,11H,4-8H2,1H3,(H,17,18);1H/t11-;/m0./s1. The molecule has 2 aromatic rings. The van der Waals surface area contributed by atoms with Gasteiger partial charge in [0.25, 0.3) is 0 Å². The van der Waals surface area contributed by atoms with Gasteiger partial charge in [-0.15, -0.1) is 12.4 Å². The zero-order chi connectivity index (χ0) is 14.4. The minimum absolute atomic E-state index is 0. The highest BCUT2D eigenvalue weighted by Crippen LogP contribution is 2.37. The summed E-state index contributed by atoms with van der Waals surface area (Å²) in [7, 11) is 1.59. The number of hydrogen-bond acceptors (Lipinski definition) is 5. The highest BCUT2D eigenvalue weighted by Gasteiger charge is 2.34. The first-order valence-corrected chi connectivity index (χ1v) is 7.75. The Hall–Kier alpha value is -1.17. The van der Waals surface area contributed by atoms with Crippen molar-refractivity contribution in [2.24, 2.45) is 5.92 Å². The number of halogens is 2. The second-order valence-electron chi connectivity index (χ2n) is 5.88. The SMILES string of the molecule is COc1ccc2c(N[C@H]3CN4CCC3CC4)noc2c1Cl.Cl. The fourth-order valence-corrected chi connectivity index (χ4v) is 3.80. The summed E-state index contributed by atoms with van der Waals surface area (Å²) >= 11 is 6.27. The predicted octanol–water partition coefficient (Wildman–Crippen LogP) is 3.42. The van der Waals surface area contributed by atoms with Crippen molar-refractivity contribution in [3.05, 3.63) is 17.2 Å². The van der Waals surface area contributed by atoms with E-state index in [0.29, 0.717) is 22.4 Å². The molecule has 0 aliphatic carbocycles. The minimum atomic E-state index is 0. The van der Waals surface area contributed by atoms with Crippen molar-refractivity contribution in [2.45, 2.75) is 18.9 Å². The molecule has 0 saturated carbocycles. The van der Waals surface area contributed by atoms with Crippen molar-refractivity contribution in [1.29, 1.82) is 0 Å². The van der Waals surface area contributed by atoms with Gasteiger partial charge in [0.2, 0.25) is 0 Å². The molecule has 5 nitrogen and oxygen atoms in total. The lowest BCUT2D eigenvalue weighted by Crippen LogP contribution is -2.53. The zero-order valence-electron chi connectivity index (χ0n) is 12.3. The van der Waals surface area contributed by atoms with Crippen molar-refractivity contribution >= 4 is 40.8 Å². The fraction of sp³-hybridized carbons (Fsp3) is 0.533. The molecule has 7 heteroatoms. The Morgan fingerprint density at radius 1 is 1.36 bits per heavy atom. The van der Waals surface area contributed by atoms with Crippen LogP contribution in [-0.4, -0.2) is 42.8 Å². The number of nitrogens with one attached hydrogen (secondary N) is 1. The smallest absolute Gasteiger partial charge is 0.191 e. The molecule has 3 aliphatic heterocycles. The van der Waals surface area contributed by atoms with Crippen LogP contribution in [0.2, 0.25) is 5.02 Å². The average Bonchev–Trinajstić information content (AvgIpc) is 2.93. The molecule has 3 aliphatic rings. The van der Waals surface area contributed by atoms with Gasteiger partial charge >= 0.3 is 0 Å². The van der Waals surface area contributed by atoms with Crippen LogP contribution in [0.25, 0.3) is 11.0 Å². The van der Waals surface area contributed by atoms with E-state index in [2.05, 4.69) is 15.4 Å². The van der Waals surface area contributed by atoms with E-state index in [9.17, 15) is 0 Å². The Balaban J connectivity index is 0.00000144. The van der Waals surface area contributed by atoms with Gasteiger partial charge in [-0.25, -0.2) is 0 Å². The number of methoxy groups -OCH3 is 1. The largest absolute Gasteiger partial charge is 0.495 e. The summed E-state index contributed by atoms with van der Waals surface area (Å²) in [5.74, 6) is 2.12. The Labute approximate surface area is 140 Å². The quantitative estimate of drug-likeness (QED) is 0.925. The highest BCUT2D eigenvalue weighted by molar-refractivity contribution is 6.36. The summed E-state index contributed by atoms with van der Waals surface area (Å²) in [5.41, 5.74) is 0.583. The first kappa shape index (κ1) is 15.7. The summed E-state index contributed by atoms with van der Waals surface area (Å²) in [6.07, 6.45) is 2.53. The lowest BCUT2D eigenvalue weighted by atomic mass is 9.84. The van der Waals surface area contributed by atoms with Crippen LogP contribution in [0, 0.1) is 5.92 Å². The molecule has 1 N–H and O–H groups in total. The summed E-state index contributed by atoms with van der Waals surface area (Å²) in [4.78, 5) is 2.51. The molecule has 22 heavy (non-hydrogen) atoms. The number of anilines is 1. The molecule has 4 heterocycles. The summed E-state index contributed by atoms with van der Waals surface area (Å²) in [6.45, 7) is 3.54. The number of benzene rings is 1. The van der Waals surface area contributed by atoms with Gasteiger partial charge in [0, 0.05) is 12.6 Å². The van der Waals surface area contributed by atoms with E-state index < -0.39 is 0 Å². The maximum absolute atomic E-state index is 6.27. The van der Waals surface area contributed by atoms with Gasteiger partial charge < -0.3 is 19.5 Å². The van der Waals surface area contributed by atoms with Crippen LogP contribution in [0.1, 0.15) is 12.8 Å². The third-order valence-corrected chi connectivity index (χ3v) is 5.10. The molecule has 3 fully saturated rings. The van der Waals surface area contributed by atoms with Crippen molar-refractivity contribution in [3.63, 3.8) is 0 Å². The Kier molecular flexibility index (Phi) is 4.39. The van der Waals surface area contributed by atoms with Crippen molar-refractivity contribution in [2.75, 3.05) is 32.1 Å². The summed E-state index contributed by atoms with van der Waals surface area (Å²) in [5, 5.41) is 9.11. The molecule has 3 saturated heterocycles. The van der Waals surface area contributed by atoms with E-state index in [-0.39, 0.29) is 12.4 Å². The molecule has 1 atom stereocenters. The number of piperidine rings is 3. The van der Waals surface area contributed by atoms with Gasteiger partial charge in [-0.3, -0.25) is 0 Å². The van der Waals surface area contributed by atoms with Crippen molar-refractivity contribution in [1.82, 2.24) is 10.1 Å². The predicted molar refractivity (Wildman–Crippen MR) is 89.4 cm³/mol. The molecule has 0 amide bonds. The Morgan fingerprint density at radius 3 is 2.77 bits per heavy atom. The number of ether oxygens (including phenoxy) is 1. The van der Waals surface area contributed by atoms with Crippen LogP contribution >= 0.6 is 24.0 Å². The van der Waals surface area contributed by atoms with E-state index in [1.807, 2.05) is 12.1 Å². The Bertz CT molecular complexity index is 668. The third-order valence-electron chi connectivity index (χ3n) is 4.74. The topological polar surface area (TPSA) is 50.5 Å². The lowest BCUT2D eigenvalue weighted by Gasteiger charge is -2.44. The number of aromatic nitrogens is 1. The van der Waals surface area contributed by atoms with Crippen molar-refractivity contribution < 1.29 is 9.26 Å². The molecule has 2 bridgehead atoms. The molecule has 0 radical (unpaired) electrons. The van der Waals surface area contributed by atoms with Crippen LogP contribution < -0.4 is 10.1 Å². The van der Waals surface area contributed by atoms with E-state index in [1.165, 1.54) is 25.9 Å². The van der Waals surface area contributed by atoms with Crippen LogP contribution in [0.5, 0.6) is 5.75 Å². The molecular weight excluding hydrogens is 325 g/mol. The van der Waals surface area contributed by atoms with Crippen LogP contribution in [0.3, 0.4) is 0 Å². The number of nitrogens with zero attached hydrogens (tertiary/aromatic N) is 2. The van der Waals surface area contributed by atoms with Gasteiger partial charge in [0.15, 0.2) is 11.4 Å². The second kappa shape index (κ2) is 6.14. The number of hydrogen-bond donors (Lipinski definition) is 1. The maximum Gasteiger partial charge on any atom is 0.191 e. The summed E-state index contributed by atoms with van der Waals surface area (Å²) in [6, 6.07) is 4.24. The van der Waals surface area contributed by atoms with Crippen LogP contribution in [-0.2, 0) is 0 Å². The van der Waals surface area contributed by atoms with Gasteiger partial charge in [0.1, 0.15) is 10.8 Å².